The van der Waals surface area contributed by atoms with Gasteiger partial charge in [-0.1, -0.05) is 0 Å². The molecule has 7 heteroatoms. The van der Waals surface area contributed by atoms with Gasteiger partial charge in [0.15, 0.2) is 6.10 Å². The molecule has 0 N–H and O–H groups in total. The molecule has 162 valence electrons. The first-order chi connectivity index (χ1) is 15.0. The molecule has 4 rings (SSSR count). The van der Waals surface area contributed by atoms with Crippen molar-refractivity contribution in [3.05, 3.63) is 52.3 Å². The van der Waals surface area contributed by atoms with Crippen LogP contribution in [0.15, 0.2) is 42.5 Å². The van der Waals surface area contributed by atoms with Gasteiger partial charge in [-0.15, -0.1) is 11.3 Å². The smallest absolute Gasteiger partial charge is 0.267 e. The van der Waals surface area contributed by atoms with Gasteiger partial charge in [-0.3, -0.25) is 4.79 Å². The second kappa shape index (κ2) is 8.98. The van der Waals surface area contributed by atoms with E-state index in [2.05, 4.69) is 11.9 Å². The monoisotopic (exact) mass is 438 g/mol. The molecule has 1 atom stereocenters. The first-order valence-corrected chi connectivity index (χ1v) is 11.1. The Kier molecular flexibility index (Phi) is 6.13. The molecule has 0 spiro atoms. The van der Waals surface area contributed by atoms with Gasteiger partial charge in [0.25, 0.3) is 5.91 Å². The molecule has 31 heavy (non-hydrogen) atoms. The molecule has 1 aromatic heterocycles. The third kappa shape index (κ3) is 4.51. The SMILES string of the molecule is COc1ccc(OCCCN2C(=O)C(C)Oc3ccc(-c4nc(C)sc4C)cc32)cc1. The average molecular weight is 439 g/mol. The molecule has 3 aromatic rings. The third-order valence-electron chi connectivity index (χ3n) is 5.20. The summed E-state index contributed by atoms with van der Waals surface area (Å²) in [7, 11) is 1.64. The lowest BCUT2D eigenvalue weighted by molar-refractivity contribution is -0.125. The van der Waals surface area contributed by atoms with Crippen LogP contribution in [0.25, 0.3) is 11.3 Å². The Labute approximate surface area is 186 Å². The third-order valence-corrected chi connectivity index (χ3v) is 6.08. The van der Waals surface area contributed by atoms with E-state index in [0.717, 1.165) is 44.1 Å². The molecular formula is C24H26N2O4S. The van der Waals surface area contributed by atoms with E-state index in [1.807, 2.05) is 49.4 Å². The first kappa shape index (κ1) is 21.2. The molecule has 1 aliphatic heterocycles. The van der Waals surface area contributed by atoms with Crippen molar-refractivity contribution < 1.29 is 19.0 Å². The second-order valence-electron chi connectivity index (χ2n) is 7.45. The van der Waals surface area contributed by atoms with E-state index < -0.39 is 6.10 Å². The number of benzene rings is 2. The number of ether oxygens (including phenoxy) is 3. The van der Waals surface area contributed by atoms with E-state index in [0.29, 0.717) is 19.6 Å². The van der Waals surface area contributed by atoms with Crippen LogP contribution in [0.4, 0.5) is 5.69 Å². The van der Waals surface area contributed by atoms with Crippen LogP contribution in [0, 0.1) is 13.8 Å². The Hall–Kier alpha value is -3.06. The molecular weight excluding hydrogens is 412 g/mol. The number of aryl methyl sites for hydroxylation is 2. The Balaban J connectivity index is 1.48. The molecule has 6 nitrogen and oxygen atoms in total. The summed E-state index contributed by atoms with van der Waals surface area (Å²) in [5.74, 6) is 2.24. The summed E-state index contributed by atoms with van der Waals surface area (Å²) >= 11 is 1.67. The number of thiazole rings is 1. The van der Waals surface area contributed by atoms with Gasteiger partial charge in [-0.25, -0.2) is 4.98 Å². The number of hydrogen-bond donors (Lipinski definition) is 0. The molecule has 0 bridgehead atoms. The number of fused-ring (bicyclic) bond motifs is 1. The summed E-state index contributed by atoms with van der Waals surface area (Å²) in [6.07, 6.45) is 0.187. The highest BCUT2D eigenvalue weighted by molar-refractivity contribution is 7.11. The minimum absolute atomic E-state index is 0.0414. The molecule has 0 radical (unpaired) electrons. The van der Waals surface area contributed by atoms with E-state index in [1.54, 1.807) is 30.3 Å². The van der Waals surface area contributed by atoms with Gasteiger partial charge in [-0.2, -0.15) is 0 Å². The molecule has 0 fully saturated rings. The number of anilines is 1. The van der Waals surface area contributed by atoms with Crippen LogP contribution in [-0.2, 0) is 4.79 Å². The van der Waals surface area contributed by atoms with Crippen LogP contribution in [0.2, 0.25) is 0 Å². The summed E-state index contributed by atoms with van der Waals surface area (Å²) in [5, 5.41) is 1.03. The van der Waals surface area contributed by atoms with Crippen LogP contribution in [-0.4, -0.2) is 37.3 Å². The fourth-order valence-electron chi connectivity index (χ4n) is 3.67. The summed E-state index contributed by atoms with van der Waals surface area (Å²) in [6.45, 7) is 6.91. The van der Waals surface area contributed by atoms with E-state index >= 15 is 0 Å². The molecule has 1 unspecified atom stereocenters. The lowest BCUT2D eigenvalue weighted by Crippen LogP contribution is -2.45. The lowest BCUT2D eigenvalue weighted by atomic mass is 10.1. The quantitative estimate of drug-likeness (QED) is 0.485. The van der Waals surface area contributed by atoms with Crippen molar-refractivity contribution >= 4 is 22.9 Å². The zero-order valence-electron chi connectivity index (χ0n) is 18.2. The fourth-order valence-corrected chi connectivity index (χ4v) is 4.51. The van der Waals surface area contributed by atoms with Crippen LogP contribution in [0.3, 0.4) is 0 Å². The lowest BCUT2D eigenvalue weighted by Gasteiger charge is -2.33. The Bertz CT molecular complexity index is 1080. The maximum atomic E-state index is 12.9. The van der Waals surface area contributed by atoms with E-state index in [4.69, 9.17) is 14.2 Å². The number of amides is 1. The normalized spacial score (nSPS) is 15.4. The minimum Gasteiger partial charge on any atom is -0.497 e. The molecule has 1 amide bonds. The van der Waals surface area contributed by atoms with Gasteiger partial charge >= 0.3 is 0 Å². The minimum atomic E-state index is -0.510. The van der Waals surface area contributed by atoms with Crippen molar-refractivity contribution in [3.8, 4) is 28.5 Å². The Morgan fingerprint density at radius 3 is 2.55 bits per heavy atom. The number of rotatable bonds is 7. The van der Waals surface area contributed by atoms with Crippen molar-refractivity contribution in [1.82, 2.24) is 4.98 Å². The van der Waals surface area contributed by atoms with Crippen LogP contribution >= 0.6 is 11.3 Å². The van der Waals surface area contributed by atoms with Gasteiger partial charge < -0.3 is 19.1 Å². The predicted octanol–water partition coefficient (Wildman–Crippen LogP) is 5.02. The number of nitrogens with zero attached hydrogens (tertiary/aromatic N) is 2. The molecule has 0 saturated heterocycles. The predicted molar refractivity (Wildman–Crippen MR) is 123 cm³/mol. The van der Waals surface area contributed by atoms with Crippen molar-refractivity contribution in [2.75, 3.05) is 25.2 Å². The average Bonchev–Trinajstić information content (AvgIpc) is 3.11. The van der Waals surface area contributed by atoms with Crippen molar-refractivity contribution in [2.45, 2.75) is 33.3 Å². The Morgan fingerprint density at radius 1 is 1.13 bits per heavy atom. The number of hydrogen-bond acceptors (Lipinski definition) is 6. The topological polar surface area (TPSA) is 60.9 Å². The largest absolute Gasteiger partial charge is 0.497 e. The van der Waals surface area contributed by atoms with Crippen molar-refractivity contribution in [2.24, 2.45) is 0 Å². The standard InChI is InChI=1S/C24H26N2O4S/c1-15-24(27)26(12-5-13-29-20-9-7-19(28-4)8-10-20)21-14-18(6-11-22(21)30-15)23-16(2)31-17(3)25-23/h6-11,14-15H,5,12-13H2,1-4H3. The molecule has 2 aromatic carbocycles. The van der Waals surface area contributed by atoms with Crippen LogP contribution in [0.5, 0.6) is 17.2 Å². The van der Waals surface area contributed by atoms with Gasteiger partial charge in [0, 0.05) is 17.0 Å². The van der Waals surface area contributed by atoms with E-state index in [1.165, 1.54) is 0 Å². The molecule has 0 saturated carbocycles. The first-order valence-electron chi connectivity index (χ1n) is 10.3. The van der Waals surface area contributed by atoms with Gasteiger partial charge in [0.05, 0.1) is 30.1 Å². The van der Waals surface area contributed by atoms with E-state index in [-0.39, 0.29) is 5.91 Å². The van der Waals surface area contributed by atoms with Crippen LogP contribution < -0.4 is 19.1 Å². The zero-order valence-corrected chi connectivity index (χ0v) is 19.0. The zero-order chi connectivity index (χ0) is 22.0. The van der Waals surface area contributed by atoms with E-state index in [9.17, 15) is 4.79 Å². The highest BCUT2D eigenvalue weighted by Gasteiger charge is 2.31. The number of methoxy groups -OCH3 is 1. The maximum absolute atomic E-state index is 12.9. The number of aromatic nitrogens is 1. The highest BCUT2D eigenvalue weighted by Crippen LogP contribution is 2.38. The highest BCUT2D eigenvalue weighted by atomic mass is 32.1. The number of carbonyl (C=O) groups is 1. The second-order valence-corrected chi connectivity index (χ2v) is 8.85. The maximum Gasteiger partial charge on any atom is 0.267 e. The summed E-state index contributed by atoms with van der Waals surface area (Å²) in [5.41, 5.74) is 2.74. The van der Waals surface area contributed by atoms with Crippen molar-refractivity contribution in [1.29, 1.82) is 0 Å². The van der Waals surface area contributed by atoms with Crippen LogP contribution in [0.1, 0.15) is 23.2 Å². The number of carbonyl (C=O) groups excluding carboxylic acids is 1. The summed E-state index contributed by atoms with van der Waals surface area (Å²) < 4.78 is 16.8. The van der Waals surface area contributed by atoms with Gasteiger partial charge in [0.2, 0.25) is 0 Å². The molecule has 0 aliphatic carbocycles. The fraction of sp³-hybridized carbons (Fsp3) is 0.333. The van der Waals surface area contributed by atoms with Crippen molar-refractivity contribution in [3.63, 3.8) is 0 Å². The summed E-state index contributed by atoms with van der Waals surface area (Å²) in [4.78, 5) is 20.5. The van der Waals surface area contributed by atoms with Gasteiger partial charge in [0.1, 0.15) is 17.2 Å². The molecule has 1 aliphatic rings. The molecule has 2 heterocycles. The summed E-state index contributed by atoms with van der Waals surface area (Å²) in [6, 6.07) is 13.4. The van der Waals surface area contributed by atoms with Gasteiger partial charge in [-0.05, 0) is 69.7 Å². The Morgan fingerprint density at radius 2 is 1.87 bits per heavy atom.